The number of aromatic nitrogens is 2. The zero-order valence-electron chi connectivity index (χ0n) is 10.7. The van der Waals surface area contributed by atoms with E-state index < -0.39 is 0 Å². The highest BCUT2D eigenvalue weighted by molar-refractivity contribution is 9.10. The predicted molar refractivity (Wildman–Crippen MR) is 76.6 cm³/mol. The van der Waals surface area contributed by atoms with Crippen molar-refractivity contribution in [1.82, 2.24) is 9.78 Å². The van der Waals surface area contributed by atoms with Crippen molar-refractivity contribution in [2.45, 2.75) is 25.3 Å². The average Bonchev–Trinajstić information content (AvgIpc) is 2.77. The molecule has 1 heterocycles. The molecule has 100 valence electrons. The van der Waals surface area contributed by atoms with Crippen molar-refractivity contribution in [2.24, 2.45) is 7.05 Å². The second-order valence-electron chi connectivity index (χ2n) is 4.86. The van der Waals surface area contributed by atoms with Crippen molar-refractivity contribution in [3.05, 3.63) is 45.9 Å². The Kier molecular flexibility index (Phi) is 3.31. The average molecular weight is 324 g/mol. The minimum atomic E-state index is -0.231. The summed E-state index contributed by atoms with van der Waals surface area (Å²) in [7, 11) is 1.96. The first-order valence-corrected chi connectivity index (χ1v) is 7.17. The van der Waals surface area contributed by atoms with Gasteiger partial charge < -0.3 is 5.32 Å². The van der Waals surface area contributed by atoms with Gasteiger partial charge in [0, 0.05) is 22.8 Å². The van der Waals surface area contributed by atoms with Crippen LogP contribution in [-0.4, -0.2) is 9.78 Å². The van der Waals surface area contributed by atoms with Crippen molar-refractivity contribution >= 4 is 21.6 Å². The second-order valence-corrected chi connectivity index (χ2v) is 5.71. The Morgan fingerprint density at radius 1 is 1.47 bits per heavy atom. The van der Waals surface area contributed by atoms with Crippen molar-refractivity contribution < 1.29 is 4.39 Å². The molecule has 0 spiro atoms. The largest absolute Gasteiger partial charge is 0.375 e. The standard InChI is InChI=1S/C14H15BrFN3/c1-19-13-7-3-6-12(9(13)8-17-19)18-14-10(15)4-2-5-11(14)16/h2,4-5,8,12,18H,3,6-7H2,1H3. The Hall–Kier alpha value is -1.36. The summed E-state index contributed by atoms with van der Waals surface area (Å²) < 4.78 is 16.5. The molecule has 0 aliphatic heterocycles. The number of hydrogen-bond donors (Lipinski definition) is 1. The first-order valence-electron chi connectivity index (χ1n) is 6.38. The van der Waals surface area contributed by atoms with E-state index >= 15 is 0 Å². The third kappa shape index (κ3) is 2.27. The molecule has 0 amide bonds. The van der Waals surface area contributed by atoms with Crippen LogP contribution >= 0.6 is 15.9 Å². The molecule has 1 aromatic heterocycles. The first-order chi connectivity index (χ1) is 9.16. The number of nitrogens with zero attached hydrogens (tertiary/aromatic N) is 2. The third-order valence-corrected chi connectivity index (χ3v) is 4.32. The number of para-hydroxylation sites is 1. The number of anilines is 1. The lowest BCUT2D eigenvalue weighted by atomic mass is 9.93. The van der Waals surface area contributed by atoms with Crippen LogP contribution in [0.5, 0.6) is 0 Å². The summed E-state index contributed by atoms with van der Waals surface area (Å²) in [5, 5.41) is 7.62. The number of aryl methyl sites for hydroxylation is 1. The normalized spacial score (nSPS) is 18.2. The highest BCUT2D eigenvalue weighted by Gasteiger charge is 2.24. The highest BCUT2D eigenvalue weighted by atomic mass is 79.9. The summed E-state index contributed by atoms with van der Waals surface area (Å²) in [6.45, 7) is 0. The molecular formula is C14H15BrFN3. The molecule has 0 fully saturated rings. The molecule has 5 heteroatoms. The van der Waals surface area contributed by atoms with Crippen LogP contribution < -0.4 is 5.32 Å². The van der Waals surface area contributed by atoms with Crippen LogP contribution in [0.25, 0.3) is 0 Å². The molecule has 1 aliphatic carbocycles. The van der Waals surface area contributed by atoms with Gasteiger partial charge in [-0.2, -0.15) is 5.10 Å². The zero-order valence-corrected chi connectivity index (χ0v) is 12.2. The van der Waals surface area contributed by atoms with Gasteiger partial charge in [-0.15, -0.1) is 0 Å². The Labute approximate surface area is 119 Å². The molecule has 0 saturated carbocycles. The quantitative estimate of drug-likeness (QED) is 0.910. The molecule has 0 bridgehead atoms. The van der Waals surface area contributed by atoms with Gasteiger partial charge in [-0.3, -0.25) is 4.68 Å². The lowest BCUT2D eigenvalue weighted by Crippen LogP contribution is -2.18. The number of benzene rings is 1. The molecule has 1 N–H and O–H groups in total. The summed E-state index contributed by atoms with van der Waals surface area (Å²) in [6.07, 6.45) is 5.03. The van der Waals surface area contributed by atoms with Gasteiger partial charge in [-0.1, -0.05) is 6.07 Å². The van der Waals surface area contributed by atoms with E-state index in [1.807, 2.05) is 24.0 Å². The fourth-order valence-electron chi connectivity index (χ4n) is 2.67. The molecule has 19 heavy (non-hydrogen) atoms. The molecule has 1 aromatic carbocycles. The van der Waals surface area contributed by atoms with Gasteiger partial charge in [0.25, 0.3) is 0 Å². The smallest absolute Gasteiger partial charge is 0.147 e. The Morgan fingerprint density at radius 2 is 2.32 bits per heavy atom. The Bertz CT molecular complexity index is 588. The number of hydrogen-bond acceptors (Lipinski definition) is 2. The summed E-state index contributed by atoms with van der Waals surface area (Å²) in [6, 6.07) is 5.14. The third-order valence-electron chi connectivity index (χ3n) is 3.66. The minimum absolute atomic E-state index is 0.130. The van der Waals surface area contributed by atoms with E-state index in [1.165, 1.54) is 17.3 Å². The van der Waals surface area contributed by atoms with Gasteiger partial charge in [-0.25, -0.2) is 4.39 Å². The van der Waals surface area contributed by atoms with Crippen LogP contribution in [0.1, 0.15) is 30.1 Å². The van der Waals surface area contributed by atoms with Crippen molar-refractivity contribution in [2.75, 3.05) is 5.32 Å². The van der Waals surface area contributed by atoms with Gasteiger partial charge in [-0.05, 0) is 47.3 Å². The second kappa shape index (κ2) is 4.96. The molecule has 0 saturated heterocycles. The lowest BCUT2D eigenvalue weighted by molar-refractivity contribution is 0.564. The van der Waals surface area contributed by atoms with Crippen LogP contribution in [0.15, 0.2) is 28.9 Å². The summed E-state index contributed by atoms with van der Waals surface area (Å²) >= 11 is 3.40. The van der Waals surface area contributed by atoms with Gasteiger partial charge in [0.05, 0.1) is 17.9 Å². The Morgan fingerprint density at radius 3 is 3.11 bits per heavy atom. The SMILES string of the molecule is Cn1ncc2c1CCCC2Nc1c(F)cccc1Br. The van der Waals surface area contributed by atoms with Crippen molar-refractivity contribution in [1.29, 1.82) is 0 Å². The van der Waals surface area contributed by atoms with Crippen LogP contribution in [-0.2, 0) is 13.5 Å². The van der Waals surface area contributed by atoms with Crippen LogP contribution in [0.4, 0.5) is 10.1 Å². The van der Waals surface area contributed by atoms with Crippen molar-refractivity contribution in [3.63, 3.8) is 0 Å². The topological polar surface area (TPSA) is 29.9 Å². The van der Waals surface area contributed by atoms with Gasteiger partial charge in [0.1, 0.15) is 5.82 Å². The van der Waals surface area contributed by atoms with Crippen LogP contribution in [0.2, 0.25) is 0 Å². The van der Waals surface area contributed by atoms with Gasteiger partial charge >= 0.3 is 0 Å². The molecule has 2 aromatic rings. The minimum Gasteiger partial charge on any atom is -0.375 e. The lowest BCUT2D eigenvalue weighted by Gasteiger charge is -2.25. The van der Waals surface area contributed by atoms with E-state index in [9.17, 15) is 4.39 Å². The molecule has 1 unspecified atom stereocenters. The number of nitrogens with one attached hydrogen (secondary N) is 1. The zero-order chi connectivity index (χ0) is 13.4. The van der Waals surface area contributed by atoms with E-state index in [2.05, 4.69) is 26.3 Å². The van der Waals surface area contributed by atoms with E-state index in [0.717, 1.165) is 23.7 Å². The van der Waals surface area contributed by atoms with Crippen LogP contribution in [0.3, 0.4) is 0 Å². The predicted octanol–water partition coefficient (Wildman–Crippen LogP) is 3.81. The van der Waals surface area contributed by atoms with Crippen molar-refractivity contribution in [3.8, 4) is 0 Å². The fourth-order valence-corrected chi connectivity index (χ4v) is 3.12. The maximum Gasteiger partial charge on any atom is 0.147 e. The van der Waals surface area contributed by atoms with Crippen LogP contribution in [0, 0.1) is 5.82 Å². The fraction of sp³-hybridized carbons (Fsp3) is 0.357. The molecule has 1 aliphatic rings. The molecule has 3 rings (SSSR count). The first kappa shape index (κ1) is 12.7. The molecule has 0 radical (unpaired) electrons. The van der Waals surface area contributed by atoms with E-state index in [0.29, 0.717) is 5.69 Å². The van der Waals surface area contributed by atoms with E-state index in [1.54, 1.807) is 6.07 Å². The number of rotatable bonds is 2. The monoisotopic (exact) mass is 323 g/mol. The molecule has 3 nitrogen and oxygen atoms in total. The number of halogens is 2. The van der Waals surface area contributed by atoms with E-state index in [-0.39, 0.29) is 11.9 Å². The van der Waals surface area contributed by atoms with E-state index in [4.69, 9.17) is 0 Å². The summed E-state index contributed by atoms with van der Waals surface area (Å²) in [4.78, 5) is 0. The highest BCUT2D eigenvalue weighted by Crippen LogP contribution is 2.35. The maximum atomic E-state index is 13.9. The molecule has 1 atom stereocenters. The van der Waals surface area contributed by atoms with Gasteiger partial charge in [0.15, 0.2) is 0 Å². The number of fused-ring (bicyclic) bond motifs is 1. The summed E-state index contributed by atoms with van der Waals surface area (Å²) in [5.41, 5.74) is 2.96. The molecular weight excluding hydrogens is 309 g/mol. The summed E-state index contributed by atoms with van der Waals surface area (Å²) in [5.74, 6) is -0.231. The Balaban J connectivity index is 1.93. The van der Waals surface area contributed by atoms with Gasteiger partial charge in [0.2, 0.25) is 0 Å². The maximum absolute atomic E-state index is 13.9.